The van der Waals surface area contributed by atoms with Crippen molar-refractivity contribution in [3.05, 3.63) is 70.8 Å². The summed E-state index contributed by atoms with van der Waals surface area (Å²) in [6.07, 6.45) is -0.756. The van der Waals surface area contributed by atoms with Crippen LogP contribution in [0.2, 0.25) is 0 Å². The third-order valence-corrected chi connectivity index (χ3v) is 3.11. The second kappa shape index (κ2) is 7.11. The van der Waals surface area contributed by atoms with Crippen molar-refractivity contribution in [3.8, 4) is 0 Å². The van der Waals surface area contributed by atoms with E-state index in [1.165, 1.54) is 6.07 Å². The SMILES string of the molecule is CCc1ccccc1/[C]=N\OCc1cccc(C(F)(F)F)c1. The van der Waals surface area contributed by atoms with E-state index in [-0.39, 0.29) is 6.61 Å². The molecule has 2 aromatic rings. The van der Waals surface area contributed by atoms with Gasteiger partial charge >= 0.3 is 6.18 Å². The van der Waals surface area contributed by atoms with E-state index in [1.807, 2.05) is 31.2 Å². The van der Waals surface area contributed by atoms with Gasteiger partial charge in [-0.05, 0) is 29.7 Å². The summed E-state index contributed by atoms with van der Waals surface area (Å²) in [4.78, 5) is 5.04. The zero-order chi connectivity index (χ0) is 16.0. The van der Waals surface area contributed by atoms with Gasteiger partial charge in [0.05, 0.1) is 5.56 Å². The zero-order valence-corrected chi connectivity index (χ0v) is 12.0. The predicted molar refractivity (Wildman–Crippen MR) is 78.6 cm³/mol. The number of rotatable bonds is 5. The van der Waals surface area contributed by atoms with Crippen LogP contribution in [-0.2, 0) is 24.0 Å². The maximum Gasteiger partial charge on any atom is 0.416 e. The third kappa shape index (κ3) is 4.35. The van der Waals surface area contributed by atoms with E-state index in [1.54, 1.807) is 6.07 Å². The van der Waals surface area contributed by atoms with Crippen LogP contribution in [0.1, 0.15) is 29.2 Å². The molecule has 0 amide bonds. The monoisotopic (exact) mass is 306 g/mol. The minimum atomic E-state index is -4.36. The summed E-state index contributed by atoms with van der Waals surface area (Å²) in [5.74, 6) is 0. The Morgan fingerprint density at radius 1 is 1.09 bits per heavy atom. The largest absolute Gasteiger partial charge is 0.416 e. The molecule has 0 bridgehead atoms. The van der Waals surface area contributed by atoms with Gasteiger partial charge in [0.2, 0.25) is 0 Å². The van der Waals surface area contributed by atoms with Gasteiger partial charge in [-0.1, -0.05) is 48.5 Å². The molecule has 0 aliphatic carbocycles. The molecule has 0 spiro atoms. The van der Waals surface area contributed by atoms with Crippen LogP contribution in [0.3, 0.4) is 0 Å². The van der Waals surface area contributed by atoms with Crippen molar-refractivity contribution in [1.29, 1.82) is 0 Å². The van der Waals surface area contributed by atoms with E-state index in [0.29, 0.717) is 5.56 Å². The lowest BCUT2D eigenvalue weighted by Crippen LogP contribution is -2.05. The lowest BCUT2D eigenvalue weighted by atomic mass is 10.1. The van der Waals surface area contributed by atoms with Crippen LogP contribution in [0.5, 0.6) is 0 Å². The molecule has 5 heteroatoms. The molecule has 115 valence electrons. The fourth-order valence-electron chi connectivity index (χ4n) is 1.96. The average Bonchev–Trinajstić information content (AvgIpc) is 2.51. The fourth-order valence-corrected chi connectivity index (χ4v) is 1.96. The van der Waals surface area contributed by atoms with Crippen LogP contribution in [0, 0.1) is 0 Å². The Morgan fingerprint density at radius 2 is 1.86 bits per heavy atom. The van der Waals surface area contributed by atoms with Crippen LogP contribution in [0.4, 0.5) is 13.2 Å². The molecule has 0 saturated heterocycles. The average molecular weight is 306 g/mol. The van der Waals surface area contributed by atoms with Gasteiger partial charge in [-0.15, -0.1) is 0 Å². The maximum atomic E-state index is 12.6. The summed E-state index contributed by atoms with van der Waals surface area (Å²) in [7, 11) is 0. The molecule has 0 aliphatic heterocycles. The molecule has 2 nitrogen and oxygen atoms in total. The number of aryl methyl sites for hydroxylation is 1. The molecule has 0 aliphatic rings. The summed E-state index contributed by atoms with van der Waals surface area (Å²) >= 11 is 0. The number of alkyl halides is 3. The van der Waals surface area contributed by atoms with Gasteiger partial charge in [-0.25, -0.2) is 0 Å². The van der Waals surface area contributed by atoms with Crippen molar-refractivity contribution < 1.29 is 18.0 Å². The van der Waals surface area contributed by atoms with Crippen molar-refractivity contribution in [2.24, 2.45) is 5.16 Å². The van der Waals surface area contributed by atoms with Crippen molar-refractivity contribution in [3.63, 3.8) is 0 Å². The van der Waals surface area contributed by atoms with Crippen LogP contribution in [0.25, 0.3) is 0 Å². The second-order valence-electron chi connectivity index (χ2n) is 4.69. The van der Waals surface area contributed by atoms with Crippen LogP contribution < -0.4 is 0 Å². The summed E-state index contributed by atoms with van der Waals surface area (Å²) in [6.45, 7) is 1.98. The normalized spacial score (nSPS) is 11.8. The molecule has 0 unspecified atom stereocenters. The molecule has 0 N–H and O–H groups in total. The van der Waals surface area contributed by atoms with Crippen molar-refractivity contribution in [1.82, 2.24) is 0 Å². The van der Waals surface area contributed by atoms with Gasteiger partial charge in [-0.2, -0.15) is 13.2 Å². The first-order valence-electron chi connectivity index (χ1n) is 6.82. The fraction of sp³-hybridized carbons (Fsp3) is 0.235. The van der Waals surface area contributed by atoms with Crippen LogP contribution in [-0.4, -0.2) is 6.21 Å². The van der Waals surface area contributed by atoms with E-state index in [0.717, 1.165) is 29.7 Å². The number of halogens is 3. The second-order valence-corrected chi connectivity index (χ2v) is 4.69. The molecule has 0 aromatic heterocycles. The Labute approximate surface area is 127 Å². The topological polar surface area (TPSA) is 21.6 Å². The highest BCUT2D eigenvalue weighted by molar-refractivity contribution is 5.81. The Hall–Kier alpha value is -2.30. The van der Waals surface area contributed by atoms with Crippen LogP contribution >= 0.6 is 0 Å². The minimum Gasteiger partial charge on any atom is -0.390 e. The molecular weight excluding hydrogens is 291 g/mol. The molecule has 0 atom stereocenters. The Balaban J connectivity index is 1.98. The zero-order valence-electron chi connectivity index (χ0n) is 12.0. The molecule has 2 rings (SSSR count). The first kappa shape index (κ1) is 16.1. The Morgan fingerprint density at radius 3 is 2.59 bits per heavy atom. The molecule has 0 heterocycles. The summed E-state index contributed by atoms with van der Waals surface area (Å²) in [6, 6.07) is 12.6. The van der Waals surface area contributed by atoms with Gasteiger partial charge in [0.25, 0.3) is 0 Å². The summed E-state index contributed by atoms with van der Waals surface area (Å²) < 4.78 is 37.8. The van der Waals surface area contributed by atoms with Gasteiger partial charge in [0.15, 0.2) is 0 Å². The van der Waals surface area contributed by atoms with Crippen molar-refractivity contribution >= 4 is 6.21 Å². The lowest BCUT2D eigenvalue weighted by Gasteiger charge is -2.07. The number of benzene rings is 2. The van der Waals surface area contributed by atoms with E-state index >= 15 is 0 Å². The number of hydrogen-bond donors (Lipinski definition) is 0. The maximum absolute atomic E-state index is 12.6. The molecule has 22 heavy (non-hydrogen) atoms. The van der Waals surface area contributed by atoms with E-state index < -0.39 is 11.7 Å². The minimum absolute atomic E-state index is 0.0365. The number of hydrogen-bond acceptors (Lipinski definition) is 2. The third-order valence-electron chi connectivity index (χ3n) is 3.11. The quantitative estimate of drug-likeness (QED) is 0.580. The first-order valence-corrected chi connectivity index (χ1v) is 6.82. The molecule has 0 fully saturated rings. The highest BCUT2D eigenvalue weighted by Crippen LogP contribution is 2.29. The van der Waals surface area contributed by atoms with Crippen molar-refractivity contribution in [2.45, 2.75) is 26.1 Å². The van der Waals surface area contributed by atoms with E-state index in [9.17, 15) is 13.2 Å². The van der Waals surface area contributed by atoms with E-state index in [4.69, 9.17) is 4.84 Å². The molecule has 1 radical (unpaired) electrons. The molecule has 2 aromatic carbocycles. The summed E-state index contributed by atoms with van der Waals surface area (Å²) in [5.41, 5.74) is 1.60. The lowest BCUT2D eigenvalue weighted by molar-refractivity contribution is -0.137. The van der Waals surface area contributed by atoms with Gasteiger partial charge in [-0.3, -0.25) is 0 Å². The highest BCUT2D eigenvalue weighted by Gasteiger charge is 2.30. The Bertz CT molecular complexity index is 650. The highest BCUT2D eigenvalue weighted by atomic mass is 19.4. The standard InChI is InChI=1S/C17H15F3NO/c1-2-14-7-3-4-8-15(14)11-21-22-12-13-6-5-9-16(10-13)17(18,19)20/h3-10H,2,12H2,1H3. The van der Waals surface area contributed by atoms with Gasteiger partial charge < -0.3 is 4.84 Å². The summed E-state index contributed by atoms with van der Waals surface area (Å²) in [5, 5.41) is 3.71. The van der Waals surface area contributed by atoms with Crippen molar-refractivity contribution in [2.75, 3.05) is 0 Å². The molecular formula is C17H15F3NO. The van der Waals surface area contributed by atoms with Gasteiger partial charge in [0.1, 0.15) is 12.8 Å². The smallest absolute Gasteiger partial charge is 0.390 e. The Kier molecular flexibility index (Phi) is 5.20. The van der Waals surface area contributed by atoms with E-state index in [2.05, 4.69) is 11.4 Å². The predicted octanol–water partition coefficient (Wildman–Crippen LogP) is 4.70. The molecule has 0 saturated carbocycles. The number of nitrogens with zero attached hydrogens (tertiary/aromatic N) is 1. The first-order chi connectivity index (χ1) is 10.5. The van der Waals surface area contributed by atoms with Gasteiger partial charge in [0, 0.05) is 5.56 Å². The van der Waals surface area contributed by atoms with Crippen LogP contribution in [0.15, 0.2) is 53.7 Å².